The first-order chi connectivity index (χ1) is 12.8. The number of H-pyrrole nitrogens is 1. The minimum absolute atomic E-state index is 0.703. The van der Waals surface area contributed by atoms with Crippen LogP contribution in [-0.4, -0.2) is 36.1 Å². The summed E-state index contributed by atoms with van der Waals surface area (Å²) < 4.78 is 5.44. The van der Waals surface area contributed by atoms with Crippen molar-refractivity contribution in [2.45, 2.75) is 38.6 Å². The SMILES string of the molecule is COc1cccc(-c2[nH]c3ccccc3c2CCN2CCCCC2C)c1. The van der Waals surface area contributed by atoms with Gasteiger partial charge in [0.05, 0.1) is 7.11 Å². The van der Waals surface area contributed by atoms with Gasteiger partial charge >= 0.3 is 0 Å². The maximum absolute atomic E-state index is 5.44. The van der Waals surface area contributed by atoms with Gasteiger partial charge in [0.1, 0.15) is 5.75 Å². The van der Waals surface area contributed by atoms with Gasteiger partial charge in [-0.2, -0.15) is 0 Å². The summed E-state index contributed by atoms with van der Waals surface area (Å²) >= 11 is 0. The van der Waals surface area contributed by atoms with E-state index in [1.54, 1.807) is 7.11 Å². The number of benzene rings is 2. The quantitative estimate of drug-likeness (QED) is 0.681. The van der Waals surface area contributed by atoms with Crippen molar-refractivity contribution in [3.8, 4) is 17.0 Å². The Morgan fingerprint density at radius 3 is 2.85 bits per heavy atom. The zero-order valence-corrected chi connectivity index (χ0v) is 15.8. The predicted molar refractivity (Wildman–Crippen MR) is 109 cm³/mol. The number of fused-ring (bicyclic) bond motifs is 1. The highest BCUT2D eigenvalue weighted by atomic mass is 16.5. The van der Waals surface area contributed by atoms with Gasteiger partial charge in [0.2, 0.25) is 0 Å². The van der Waals surface area contributed by atoms with Crippen LogP contribution in [0.25, 0.3) is 22.2 Å². The van der Waals surface area contributed by atoms with Crippen molar-refractivity contribution in [2.24, 2.45) is 0 Å². The van der Waals surface area contributed by atoms with E-state index >= 15 is 0 Å². The van der Waals surface area contributed by atoms with Crippen molar-refractivity contribution in [1.82, 2.24) is 9.88 Å². The minimum Gasteiger partial charge on any atom is -0.497 e. The van der Waals surface area contributed by atoms with Crippen LogP contribution in [0, 0.1) is 0 Å². The zero-order valence-electron chi connectivity index (χ0n) is 15.8. The summed E-state index contributed by atoms with van der Waals surface area (Å²) in [7, 11) is 1.73. The number of para-hydroxylation sites is 1. The molecule has 1 saturated heterocycles. The standard InChI is InChI=1S/C23H28N2O/c1-17-8-5-6-14-25(17)15-13-21-20-11-3-4-12-22(20)24-23(21)18-9-7-10-19(16-18)26-2/h3-4,7,9-12,16-17,24H,5-6,8,13-15H2,1-2H3. The van der Waals surface area contributed by atoms with E-state index in [4.69, 9.17) is 4.74 Å². The molecule has 3 heteroatoms. The van der Waals surface area contributed by atoms with E-state index in [0.717, 1.165) is 18.7 Å². The molecule has 3 nitrogen and oxygen atoms in total. The van der Waals surface area contributed by atoms with Crippen molar-refractivity contribution >= 4 is 10.9 Å². The van der Waals surface area contributed by atoms with Crippen LogP contribution in [0.4, 0.5) is 0 Å². The van der Waals surface area contributed by atoms with Crippen LogP contribution in [0.15, 0.2) is 48.5 Å². The van der Waals surface area contributed by atoms with Crippen molar-refractivity contribution in [1.29, 1.82) is 0 Å². The number of hydrogen-bond donors (Lipinski definition) is 1. The van der Waals surface area contributed by atoms with Crippen LogP contribution in [0.1, 0.15) is 31.7 Å². The Hall–Kier alpha value is -2.26. The fourth-order valence-corrected chi connectivity index (χ4v) is 4.23. The number of ether oxygens (including phenoxy) is 1. The van der Waals surface area contributed by atoms with Gasteiger partial charge in [0.25, 0.3) is 0 Å². The summed E-state index contributed by atoms with van der Waals surface area (Å²) in [6.45, 7) is 4.73. The zero-order chi connectivity index (χ0) is 17.9. The third-order valence-electron chi connectivity index (χ3n) is 5.76. The first-order valence-corrected chi connectivity index (χ1v) is 9.74. The van der Waals surface area contributed by atoms with Gasteiger partial charge in [-0.1, -0.05) is 36.8 Å². The van der Waals surface area contributed by atoms with Crippen LogP contribution >= 0.6 is 0 Å². The second-order valence-electron chi connectivity index (χ2n) is 7.39. The molecule has 1 aliphatic heterocycles. The van der Waals surface area contributed by atoms with Gasteiger partial charge in [-0.15, -0.1) is 0 Å². The number of piperidine rings is 1. The van der Waals surface area contributed by atoms with E-state index in [2.05, 4.69) is 59.3 Å². The third-order valence-corrected chi connectivity index (χ3v) is 5.76. The fraction of sp³-hybridized carbons (Fsp3) is 0.391. The summed E-state index contributed by atoms with van der Waals surface area (Å²) in [6.07, 6.45) is 5.11. The average molecular weight is 348 g/mol. The monoisotopic (exact) mass is 348 g/mol. The Morgan fingerprint density at radius 1 is 1.12 bits per heavy atom. The number of aromatic nitrogens is 1. The maximum atomic E-state index is 5.44. The number of rotatable bonds is 5. The molecule has 2 aromatic carbocycles. The highest BCUT2D eigenvalue weighted by Crippen LogP contribution is 2.33. The lowest BCUT2D eigenvalue weighted by atomic mass is 9.99. The first kappa shape index (κ1) is 17.2. The molecule has 1 unspecified atom stereocenters. The molecule has 136 valence electrons. The van der Waals surface area contributed by atoms with E-state index in [0.29, 0.717) is 6.04 Å². The van der Waals surface area contributed by atoms with Gasteiger partial charge in [-0.3, -0.25) is 0 Å². The van der Waals surface area contributed by atoms with E-state index < -0.39 is 0 Å². The van der Waals surface area contributed by atoms with Crippen molar-refractivity contribution < 1.29 is 4.74 Å². The van der Waals surface area contributed by atoms with E-state index in [9.17, 15) is 0 Å². The molecule has 3 aromatic rings. The summed E-state index contributed by atoms with van der Waals surface area (Å²) in [5.41, 5.74) is 5.07. The minimum atomic E-state index is 0.703. The summed E-state index contributed by atoms with van der Waals surface area (Å²) in [5, 5.41) is 1.34. The summed E-state index contributed by atoms with van der Waals surface area (Å²) in [5.74, 6) is 0.900. The Bertz CT molecular complexity index is 883. The molecule has 0 aliphatic carbocycles. The Kier molecular flexibility index (Phi) is 4.98. The van der Waals surface area contributed by atoms with Crippen molar-refractivity contribution in [3.63, 3.8) is 0 Å². The summed E-state index contributed by atoms with van der Waals surface area (Å²) in [6, 6.07) is 17.7. The molecule has 1 atom stereocenters. The topological polar surface area (TPSA) is 28.3 Å². The molecule has 0 bridgehead atoms. The number of hydrogen-bond acceptors (Lipinski definition) is 2. The Morgan fingerprint density at radius 2 is 2.00 bits per heavy atom. The molecule has 1 N–H and O–H groups in total. The second-order valence-corrected chi connectivity index (χ2v) is 7.39. The molecule has 0 spiro atoms. The van der Waals surface area contributed by atoms with Gasteiger partial charge in [-0.25, -0.2) is 0 Å². The lowest BCUT2D eigenvalue weighted by Crippen LogP contribution is -2.38. The molecule has 26 heavy (non-hydrogen) atoms. The van der Waals surface area contributed by atoms with Crippen molar-refractivity contribution in [2.75, 3.05) is 20.2 Å². The van der Waals surface area contributed by atoms with Gasteiger partial charge in [0, 0.05) is 34.7 Å². The first-order valence-electron chi connectivity index (χ1n) is 9.74. The van der Waals surface area contributed by atoms with E-state index in [-0.39, 0.29) is 0 Å². The lowest BCUT2D eigenvalue weighted by molar-refractivity contribution is 0.163. The second kappa shape index (κ2) is 7.55. The highest BCUT2D eigenvalue weighted by molar-refractivity contribution is 5.91. The smallest absolute Gasteiger partial charge is 0.119 e. The Balaban J connectivity index is 1.69. The van der Waals surface area contributed by atoms with Gasteiger partial charge in [0.15, 0.2) is 0 Å². The largest absolute Gasteiger partial charge is 0.497 e. The predicted octanol–water partition coefficient (Wildman–Crippen LogP) is 5.26. The molecule has 4 rings (SSSR count). The van der Waals surface area contributed by atoms with Crippen LogP contribution in [0.3, 0.4) is 0 Å². The van der Waals surface area contributed by atoms with Gasteiger partial charge < -0.3 is 14.6 Å². The molecule has 1 fully saturated rings. The number of likely N-dealkylation sites (tertiary alicyclic amines) is 1. The maximum Gasteiger partial charge on any atom is 0.119 e. The third kappa shape index (κ3) is 3.36. The molecule has 0 amide bonds. The normalized spacial score (nSPS) is 18.3. The van der Waals surface area contributed by atoms with Crippen LogP contribution in [-0.2, 0) is 6.42 Å². The Labute approximate surface area is 156 Å². The number of nitrogens with zero attached hydrogens (tertiary/aromatic N) is 1. The van der Waals surface area contributed by atoms with Crippen LogP contribution in [0.5, 0.6) is 5.75 Å². The average Bonchev–Trinajstić information content (AvgIpc) is 3.06. The highest BCUT2D eigenvalue weighted by Gasteiger charge is 2.20. The van der Waals surface area contributed by atoms with Gasteiger partial charge in [-0.05, 0) is 56.5 Å². The fourth-order valence-electron chi connectivity index (χ4n) is 4.23. The number of nitrogens with one attached hydrogen (secondary N) is 1. The molecular weight excluding hydrogens is 320 g/mol. The molecule has 0 saturated carbocycles. The molecule has 1 aromatic heterocycles. The lowest BCUT2D eigenvalue weighted by Gasteiger charge is -2.33. The van der Waals surface area contributed by atoms with Crippen molar-refractivity contribution in [3.05, 3.63) is 54.1 Å². The summed E-state index contributed by atoms with van der Waals surface area (Å²) in [4.78, 5) is 6.31. The molecule has 1 aliphatic rings. The van der Waals surface area contributed by atoms with E-state index in [1.807, 2.05) is 6.07 Å². The molecule has 2 heterocycles. The number of aromatic amines is 1. The number of methoxy groups -OCH3 is 1. The van der Waals surface area contributed by atoms with Crippen LogP contribution in [0.2, 0.25) is 0 Å². The van der Waals surface area contributed by atoms with Crippen LogP contribution < -0.4 is 4.74 Å². The van der Waals surface area contributed by atoms with E-state index in [1.165, 1.54) is 53.5 Å². The molecular formula is C23H28N2O. The molecule has 0 radical (unpaired) electrons.